The first-order chi connectivity index (χ1) is 16.7. The summed E-state index contributed by atoms with van der Waals surface area (Å²) in [5.74, 6) is 0.120. The molecule has 0 atom stereocenters. The number of nitrogens with zero attached hydrogens (tertiary/aromatic N) is 3. The smallest absolute Gasteiger partial charge is 0.224 e. The predicted octanol–water partition coefficient (Wildman–Crippen LogP) is 4.54. The van der Waals surface area contributed by atoms with Crippen LogP contribution in [0.15, 0.2) is 84.9 Å². The molecule has 4 rings (SSSR count). The summed E-state index contributed by atoms with van der Waals surface area (Å²) < 4.78 is 5.79. The highest BCUT2D eigenvalue weighted by molar-refractivity contribution is 5.78. The molecule has 34 heavy (non-hydrogen) atoms. The molecule has 3 aromatic rings. The molecule has 1 fully saturated rings. The van der Waals surface area contributed by atoms with Gasteiger partial charge in [-0.1, -0.05) is 78.9 Å². The van der Waals surface area contributed by atoms with Crippen LogP contribution in [0.1, 0.15) is 12.0 Å². The molecule has 1 heterocycles. The van der Waals surface area contributed by atoms with Crippen LogP contribution in [0.5, 0.6) is 0 Å². The summed E-state index contributed by atoms with van der Waals surface area (Å²) in [6.07, 6.45) is 0.424. The van der Waals surface area contributed by atoms with E-state index in [1.807, 2.05) is 37.4 Å². The van der Waals surface area contributed by atoms with Crippen LogP contribution in [0.2, 0.25) is 0 Å². The number of anilines is 1. The van der Waals surface area contributed by atoms with Gasteiger partial charge in [-0.2, -0.15) is 0 Å². The summed E-state index contributed by atoms with van der Waals surface area (Å²) in [4.78, 5) is 19.0. The van der Waals surface area contributed by atoms with E-state index in [0.29, 0.717) is 26.2 Å². The van der Waals surface area contributed by atoms with Crippen molar-refractivity contribution in [3.63, 3.8) is 0 Å². The van der Waals surface area contributed by atoms with E-state index in [-0.39, 0.29) is 5.91 Å². The molecule has 5 heteroatoms. The van der Waals surface area contributed by atoms with Crippen molar-refractivity contribution in [2.45, 2.75) is 13.0 Å². The van der Waals surface area contributed by atoms with Crippen LogP contribution in [0.3, 0.4) is 0 Å². The normalized spacial score (nSPS) is 14.2. The fraction of sp³-hybridized carbons (Fsp3) is 0.345. The SMILES string of the molecule is CN(Cc1ccccc1)C(=O)CCOCCN1CCN(c2ccccc2-c2ccccc2)CC1. The molecule has 1 aliphatic heterocycles. The molecule has 0 spiro atoms. The minimum Gasteiger partial charge on any atom is -0.380 e. The number of amides is 1. The molecule has 0 N–H and O–H groups in total. The molecule has 0 aromatic heterocycles. The topological polar surface area (TPSA) is 36.0 Å². The van der Waals surface area contributed by atoms with E-state index in [0.717, 1.165) is 38.3 Å². The van der Waals surface area contributed by atoms with Gasteiger partial charge in [-0.15, -0.1) is 0 Å². The minimum atomic E-state index is 0.120. The van der Waals surface area contributed by atoms with Crippen molar-refractivity contribution in [3.8, 4) is 11.1 Å². The van der Waals surface area contributed by atoms with Crippen molar-refractivity contribution >= 4 is 11.6 Å². The van der Waals surface area contributed by atoms with Crippen molar-refractivity contribution in [1.29, 1.82) is 0 Å². The summed E-state index contributed by atoms with van der Waals surface area (Å²) in [5.41, 5.74) is 5.01. The third-order valence-electron chi connectivity index (χ3n) is 6.40. The van der Waals surface area contributed by atoms with Crippen LogP contribution in [0.25, 0.3) is 11.1 Å². The number of piperazine rings is 1. The van der Waals surface area contributed by atoms with Gasteiger partial charge in [0.2, 0.25) is 5.91 Å². The summed E-state index contributed by atoms with van der Waals surface area (Å²) >= 11 is 0. The lowest BCUT2D eigenvalue weighted by Crippen LogP contribution is -2.47. The number of benzene rings is 3. The van der Waals surface area contributed by atoms with Gasteiger partial charge in [-0.3, -0.25) is 9.69 Å². The van der Waals surface area contributed by atoms with Gasteiger partial charge in [0.1, 0.15) is 0 Å². The van der Waals surface area contributed by atoms with Gasteiger partial charge in [0.25, 0.3) is 0 Å². The van der Waals surface area contributed by atoms with Gasteiger partial charge in [-0.05, 0) is 17.2 Å². The second kappa shape index (κ2) is 12.4. The number of carbonyl (C=O) groups is 1. The van der Waals surface area contributed by atoms with E-state index in [1.54, 1.807) is 4.90 Å². The molecule has 178 valence electrons. The largest absolute Gasteiger partial charge is 0.380 e. The summed E-state index contributed by atoms with van der Waals surface area (Å²) in [5, 5.41) is 0. The maximum atomic E-state index is 12.3. The Kier molecular flexibility index (Phi) is 8.71. The first-order valence-electron chi connectivity index (χ1n) is 12.2. The molecular weight excluding hydrogens is 422 g/mol. The highest BCUT2D eigenvalue weighted by Crippen LogP contribution is 2.31. The Hall–Kier alpha value is -3.15. The van der Waals surface area contributed by atoms with Crippen molar-refractivity contribution in [2.24, 2.45) is 0 Å². The average Bonchev–Trinajstić information content (AvgIpc) is 2.90. The molecule has 5 nitrogen and oxygen atoms in total. The van der Waals surface area contributed by atoms with Crippen LogP contribution < -0.4 is 4.90 Å². The van der Waals surface area contributed by atoms with Crippen molar-refractivity contribution in [3.05, 3.63) is 90.5 Å². The van der Waals surface area contributed by atoms with Crippen molar-refractivity contribution in [1.82, 2.24) is 9.80 Å². The maximum Gasteiger partial charge on any atom is 0.224 e. The number of para-hydroxylation sites is 1. The molecule has 1 amide bonds. The number of hydrogen-bond acceptors (Lipinski definition) is 4. The van der Waals surface area contributed by atoms with Gasteiger partial charge in [0.05, 0.1) is 19.6 Å². The summed E-state index contributed by atoms with van der Waals surface area (Å²) in [6, 6.07) is 29.4. The summed E-state index contributed by atoms with van der Waals surface area (Å²) in [6.45, 7) is 6.73. The van der Waals surface area contributed by atoms with E-state index in [9.17, 15) is 4.79 Å². The monoisotopic (exact) mass is 457 g/mol. The third-order valence-corrected chi connectivity index (χ3v) is 6.40. The Bertz CT molecular complexity index is 1020. The Labute approximate surface area is 203 Å². The second-order valence-electron chi connectivity index (χ2n) is 8.81. The van der Waals surface area contributed by atoms with E-state index in [2.05, 4.69) is 64.4 Å². The molecule has 0 unspecified atom stereocenters. The first-order valence-corrected chi connectivity index (χ1v) is 12.2. The molecule has 1 aliphatic rings. The van der Waals surface area contributed by atoms with Crippen molar-refractivity contribution in [2.75, 3.05) is 57.9 Å². The standard InChI is InChI=1S/C29H35N3O2/c1-30(24-25-10-4-2-5-11-25)29(33)16-22-34-23-21-31-17-19-32(20-18-31)28-15-9-8-14-27(28)26-12-6-3-7-13-26/h2-15H,16-24H2,1H3. The van der Waals surface area contributed by atoms with E-state index < -0.39 is 0 Å². The van der Waals surface area contributed by atoms with Crippen LogP contribution in [-0.4, -0.2) is 68.7 Å². The Balaban J connectivity index is 1.15. The fourth-order valence-electron chi connectivity index (χ4n) is 4.42. The second-order valence-corrected chi connectivity index (χ2v) is 8.81. The Morgan fingerprint density at radius 3 is 2.21 bits per heavy atom. The zero-order valence-corrected chi connectivity index (χ0v) is 20.1. The van der Waals surface area contributed by atoms with E-state index >= 15 is 0 Å². The number of hydrogen-bond donors (Lipinski definition) is 0. The molecular formula is C29H35N3O2. The third kappa shape index (κ3) is 6.69. The van der Waals surface area contributed by atoms with E-state index in [4.69, 9.17) is 4.74 Å². The molecule has 1 saturated heterocycles. The zero-order valence-electron chi connectivity index (χ0n) is 20.1. The maximum absolute atomic E-state index is 12.3. The van der Waals surface area contributed by atoms with Gasteiger partial charge < -0.3 is 14.5 Å². The molecule has 0 bridgehead atoms. The Morgan fingerprint density at radius 1 is 0.824 bits per heavy atom. The quantitative estimate of drug-likeness (QED) is 0.419. The van der Waals surface area contributed by atoms with Crippen molar-refractivity contribution < 1.29 is 9.53 Å². The van der Waals surface area contributed by atoms with Crippen LogP contribution >= 0.6 is 0 Å². The number of rotatable bonds is 10. The highest BCUT2D eigenvalue weighted by atomic mass is 16.5. The van der Waals surface area contributed by atoms with Gasteiger partial charge in [-0.25, -0.2) is 0 Å². The zero-order chi connectivity index (χ0) is 23.6. The summed E-state index contributed by atoms with van der Waals surface area (Å²) in [7, 11) is 1.85. The fourth-order valence-corrected chi connectivity index (χ4v) is 4.42. The predicted molar refractivity (Wildman–Crippen MR) is 139 cm³/mol. The lowest BCUT2D eigenvalue weighted by atomic mass is 10.0. The Morgan fingerprint density at radius 2 is 1.47 bits per heavy atom. The number of carbonyl (C=O) groups excluding carboxylic acids is 1. The highest BCUT2D eigenvalue weighted by Gasteiger charge is 2.19. The molecule has 0 saturated carbocycles. The van der Waals surface area contributed by atoms with Crippen LogP contribution in [0, 0.1) is 0 Å². The van der Waals surface area contributed by atoms with Crippen LogP contribution in [0.4, 0.5) is 5.69 Å². The van der Waals surface area contributed by atoms with Gasteiger partial charge >= 0.3 is 0 Å². The van der Waals surface area contributed by atoms with Gasteiger partial charge in [0, 0.05) is 57.6 Å². The lowest BCUT2D eigenvalue weighted by molar-refractivity contribution is -0.131. The molecule has 0 aliphatic carbocycles. The van der Waals surface area contributed by atoms with Gasteiger partial charge in [0.15, 0.2) is 0 Å². The van der Waals surface area contributed by atoms with E-state index in [1.165, 1.54) is 16.8 Å². The molecule has 3 aromatic carbocycles. The molecule has 0 radical (unpaired) electrons. The first kappa shape index (κ1) is 24.0. The number of ether oxygens (including phenoxy) is 1. The lowest BCUT2D eigenvalue weighted by Gasteiger charge is -2.37. The average molecular weight is 458 g/mol. The van der Waals surface area contributed by atoms with Crippen LogP contribution in [-0.2, 0) is 16.1 Å². The minimum absolute atomic E-state index is 0.120.